The Morgan fingerprint density at radius 2 is 1.73 bits per heavy atom. The van der Waals surface area contributed by atoms with Gasteiger partial charge in [0.25, 0.3) is 0 Å². The number of amides is 1. The molecule has 3 nitrogen and oxygen atoms in total. The van der Waals surface area contributed by atoms with E-state index in [1.165, 1.54) is 0 Å². The minimum Gasteiger partial charge on any atom is -0.342 e. The van der Waals surface area contributed by atoms with Crippen molar-refractivity contribution in [3.8, 4) is 0 Å². The van der Waals surface area contributed by atoms with Gasteiger partial charge in [0.15, 0.2) is 0 Å². The Hall–Kier alpha value is -0.570. The van der Waals surface area contributed by atoms with Crippen molar-refractivity contribution in [3.05, 3.63) is 0 Å². The third kappa shape index (κ3) is 5.78. The first kappa shape index (κ1) is 14.4. The van der Waals surface area contributed by atoms with Crippen molar-refractivity contribution in [3.63, 3.8) is 0 Å². The number of hydrogen-bond acceptors (Lipinski definition) is 2. The Morgan fingerprint density at radius 3 is 2.13 bits per heavy atom. The first-order chi connectivity index (χ1) is 6.86. The van der Waals surface area contributed by atoms with Gasteiger partial charge in [-0.1, -0.05) is 20.8 Å². The third-order valence-corrected chi connectivity index (χ3v) is 3.05. The second-order valence-electron chi connectivity index (χ2n) is 4.95. The van der Waals surface area contributed by atoms with Crippen LogP contribution in [0.5, 0.6) is 0 Å². The molecule has 0 aromatic rings. The van der Waals surface area contributed by atoms with E-state index in [2.05, 4.69) is 26.1 Å². The van der Waals surface area contributed by atoms with Crippen molar-refractivity contribution in [1.82, 2.24) is 10.2 Å². The van der Waals surface area contributed by atoms with Crippen molar-refractivity contribution in [2.24, 2.45) is 11.8 Å². The number of likely N-dealkylation sites (N-methyl/N-ethyl adjacent to an activating group) is 1. The molecule has 0 rings (SSSR count). The van der Waals surface area contributed by atoms with Crippen LogP contribution >= 0.6 is 0 Å². The summed E-state index contributed by atoms with van der Waals surface area (Å²) in [5.41, 5.74) is 0. The van der Waals surface area contributed by atoms with Crippen molar-refractivity contribution < 1.29 is 4.79 Å². The van der Waals surface area contributed by atoms with Gasteiger partial charge in [0, 0.05) is 13.1 Å². The molecule has 0 spiro atoms. The quantitative estimate of drug-likeness (QED) is 0.730. The summed E-state index contributed by atoms with van der Waals surface area (Å²) in [6.07, 6.45) is 0. The van der Waals surface area contributed by atoms with Gasteiger partial charge in [-0.2, -0.15) is 0 Å². The fraction of sp³-hybridized carbons (Fsp3) is 0.917. The maximum atomic E-state index is 11.6. The summed E-state index contributed by atoms with van der Waals surface area (Å²) in [5, 5.41) is 3.21. The summed E-state index contributed by atoms with van der Waals surface area (Å²) < 4.78 is 0. The Kier molecular flexibility index (Phi) is 6.57. The minimum absolute atomic E-state index is 0.168. The predicted octanol–water partition coefficient (Wildman–Crippen LogP) is 1.73. The number of rotatable bonds is 6. The summed E-state index contributed by atoms with van der Waals surface area (Å²) in [7, 11) is 1.85. The molecule has 0 aliphatic heterocycles. The number of nitrogens with one attached hydrogen (secondary N) is 1. The first-order valence-electron chi connectivity index (χ1n) is 5.82. The molecular formula is C12H26N2O. The average Bonchev–Trinajstić information content (AvgIpc) is 2.15. The van der Waals surface area contributed by atoms with Crippen LogP contribution in [0.3, 0.4) is 0 Å². The van der Waals surface area contributed by atoms with Gasteiger partial charge in [-0.25, -0.2) is 0 Å². The lowest BCUT2D eigenvalue weighted by atomic mass is 9.98. The maximum Gasteiger partial charge on any atom is 0.236 e. The van der Waals surface area contributed by atoms with Gasteiger partial charge in [0.2, 0.25) is 5.91 Å². The van der Waals surface area contributed by atoms with Crippen LogP contribution in [0.2, 0.25) is 0 Å². The minimum atomic E-state index is 0.168. The molecule has 0 aliphatic rings. The van der Waals surface area contributed by atoms with Crippen LogP contribution < -0.4 is 5.32 Å². The lowest BCUT2D eigenvalue weighted by Gasteiger charge is -2.22. The smallest absolute Gasteiger partial charge is 0.236 e. The van der Waals surface area contributed by atoms with Crippen LogP contribution in [0.1, 0.15) is 34.6 Å². The van der Waals surface area contributed by atoms with E-state index in [-0.39, 0.29) is 11.9 Å². The van der Waals surface area contributed by atoms with Crippen molar-refractivity contribution >= 4 is 5.91 Å². The monoisotopic (exact) mass is 214 g/mol. The lowest BCUT2D eigenvalue weighted by molar-refractivity contribution is -0.130. The third-order valence-electron chi connectivity index (χ3n) is 3.05. The summed E-state index contributed by atoms with van der Waals surface area (Å²) in [6.45, 7) is 12.0. The Balaban J connectivity index is 3.73. The first-order valence-corrected chi connectivity index (χ1v) is 5.82. The van der Waals surface area contributed by atoms with Gasteiger partial charge >= 0.3 is 0 Å². The van der Waals surface area contributed by atoms with Crippen molar-refractivity contribution in [2.75, 3.05) is 20.1 Å². The number of nitrogens with zero attached hydrogens (tertiary/aromatic N) is 1. The molecule has 0 heterocycles. The normalized spacial score (nSPS) is 13.3. The molecule has 0 aromatic carbocycles. The van der Waals surface area contributed by atoms with E-state index in [1.807, 2.05) is 20.9 Å². The molecule has 1 unspecified atom stereocenters. The van der Waals surface area contributed by atoms with Crippen LogP contribution in [-0.4, -0.2) is 37.0 Å². The second kappa shape index (κ2) is 6.83. The fourth-order valence-electron chi connectivity index (χ4n) is 1.06. The van der Waals surface area contributed by atoms with Crippen molar-refractivity contribution in [2.45, 2.75) is 40.7 Å². The summed E-state index contributed by atoms with van der Waals surface area (Å²) >= 11 is 0. The van der Waals surface area contributed by atoms with E-state index < -0.39 is 0 Å². The summed E-state index contributed by atoms with van der Waals surface area (Å²) in [6, 6.07) is 0.279. The molecule has 15 heavy (non-hydrogen) atoms. The second-order valence-corrected chi connectivity index (χ2v) is 4.95. The highest BCUT2D eigenvalue weighted by atomic mass is 16.2. The van der Waals surface area contributed by atoms with Crippen LogP contribution in [0, 0.1) is 11.8 Å². The maximum absolute atomic E-state index is 11.6. The van der Waals surface area contributed by atoms with Gasteiger partial charge in [0.1, 0.15) is 0 Å². The van der Waals surface area contributed by atoms with E-state index in [1.54, 1.807) is 4.90 Å². The molecule has 1 atom stereocenters. The van der Waals surface area contributed by atoms with Gasteiger partial charge in [-0.05, 0) is 32.2 Å². The average molecular weight is 214 g/mol. The largest absolute Gasteiger partial charge is 0.342 e. The van der Waals surface area contributed by atoms with Crippen molar-refractivity contribution in [1.29, 1.82) is 0 Å². The predicted molar refractivity (Wildman–Crippen MR) is 64.8 cm³/mol. The van der Waals surface area contributed by atoms with E-state index in [0.29, 0.717) is 18.4 Å². The molecule has 0 saturated carbocycles. The Labute approximate surface area is 94.2 Å². The number of carbonyl (C=O) groups excluding carboxylic acids is 1. The van der Waals surface area contributed by atoms with Gasteiger partial charge in [-0.3, -0.25) is 4.79 Å². The number of carbonyl (C=O) groups is 1. The van der Waals surface area contributed by atoms with Gasteiger partial charge in [0.05, 0.1) is 6.54 Å². The molecule has 0 fully saturated rings. The van der Waals surface area contributed by atoms with Crippen LogP contribution in [0.25, 0.3) is 0 Å². The van der Waals surface area contributed by atoms with Crippen LogP contribution in [0.4, 0.5) is 0 Å². The van der Waals surface area contributed by atoms with E-state index >= 15 is 0 Å². The molecule has 0 saturated heterocycles. The van der Waals surface area contributed by atoms with Crippen LogP contribution in [0.15, 0.2) is 0 Å². The van der Waals surface area contributed by atoms with E-state index in [4.69, 9.17) is 0 Å². The Bertz CT molecular complexity index is 190. The van der Waals surface area contributed by atoms with Gasteiger partial charge < -0.3 is 10.2 Å². The molecule has 0 radical (unpaired) electrons. The molecule has 0 aliphatic carbocycles. The zero-order valence-corrected chi connectivity index (χ0v) is 11.0. The van der Waals surface area contributed by atoms with Gasteiger partial charge in [-0.15, -0.1) is 0 Å². The summed E-state index contributed by atoms with van der Waals surface area (Å²) in [4.78, 5) is 13.4. The topological polar surface area (TPSA) is 32.3 Å². The summed E-state index contributed by atoms with van der Waals surface area (Å²) in [5.74, 6) is 1.44. The molecular weight excluding hydrogens is 188 g/mol. The van der Waals surface area contributed by atoms with E-state index in [0.717, 1.165) is 6.54 Å². The van der Waals surface area contributed by atoms with Crippen LogP contribution in [-0.2, 0) is 4.79 Å². The highest BCUT2D eigenvalue weighted by Crippen LogP contribution is 2.07. The highest BCUT2D eigenvalue weighted by molar-refractivity contribution is 5.78. The molecule has 1 amide bonds. The highest BCUT2D eigenvalue weighted by Gasteiger charge is 2.12. The molecule has 3 heteroatoms. The standard InChI is InChI=1S/C12H26N2O/c1-9(2)11(5)7-13-8-12(15)14(6)10(3)4/h9-11,13H,7-8H2,1-6H3. The number of hydrogen-bond donors (Lipinski definition) is 1. The lowest BCUT2D eigenvalue weighted by Crippen LogP contribution is -2.40. The van der Waals surface area contributed by atoms with E-state index in [9.17, 15) is 4.79 Å². The fourth-order valence-corrected chi connectivity index (χ4v) is 1.06. The zero-order valence-electron chi connectivity index (χ0n) is 11.0. The zero-order chi connectivity index (χ0) is 12.0. The molecule has 0 bridgehead atoms. The molecule has 1 N–H and O–H groups in total. The molecule has 90 valence electrons. The molecule has 0 aromatic heterocycles. The SMILES string of the molecule is CC(C)C(C)CNCC(=O)N(C)C(C)C. The Morgan fingerprint density at radius 1 is 1.20 bits per heavy atom.